The minimum absolute atomic E-state index is 0. The van der Waals surface area contributed by atoms with Gasteiger partial charge in [-0.15, -0.1) is 0 Å². The third kappa shape index (κ3) is 1.49. The lowest BCUT2D eigenvalue weighted by Gasteiger charge is -2.02. The van der Waals surface area contributed by atoms with Crippen molar-refractivity contribution in [3.8, 4) is 0 Å². The zero-order valence-corrected chi connectivity index (χ0v) is 8.68. The molecule has 1 aromatic heterocycles. The van der Waals surface area contributed by atoms with E-state index in [2.05, 4.69) is 0 Å². The topological polar surface area (TPSA) is 39.9 Å². The molecule has 0 spiro atoms. The van der Waals surface area contributed by atoms with E-state index in [4.69, 9.17) is 11.6 Å². The Morgan fingerprint density at radius 3 is 2.71 bits per heavy atom. The van der Waals surface area contributed by atoms with Gasteiger partial charge in [-0.05, 0) is 19.1 Å². The largest absolute Gasteiger partial charge is 0.345 e. The Balaban J connectivity index is 0.000000980. The average Bonchev–Trinajstić information content (AvgIpc) is 2.55. The molecule has 14 heavy (non-hydrogen) atoms. The van der Waals surface area contributed by atoms with E-state index < -0.39 is 0 Å². The Kier molecular flexibility index (Phi) is 3.13. The summed E-state index contributed by atoms with van der Waals surface area (Å²) in [6.07, 6.45) is 1.87. The van der Waals surface area contributed by atoms with Crippen molar-refractivity contribution >= 4 is 22.5 Å². The van der Waals surface area contributed by atoms with Gasteiger partial charge >= 0.3 is 0 Å². The summed E-state index contributed by atoms with van der Waals surface area (Å²) in [5, 5.41) is 1.07. The van der Waals surface area contributed by atoms with Gasteiger partial charge in [0.25, 0.3) is 0 Å². The highest BCUT2D eigenvalue weighted by atomic mass is 35.5. The summed E-state index contributed by atoms with van der Waals surface area (Å²) in [7, 11) is 0. The van der Waals surface area contributed by atoms with Crippen LogP contribution in [0, 0.1) is 5.82 Å². The average molecular weight is 215 g/mol. The molecule has 0 unspecified atom stereocenters. The maximum absolute atomic E-state index is 13.5. The van der Waals surface area contributed by atoms with Crippen molar-refractivity contribution in [3.63, 3.8) is 0 Å². The predicted molar refractivity (Wildman–Crippen MR) is 57.6 cm³/mol. The highest BCUT2D eigenvalue weighted by Crippen LogP contribution is 2.25. The molecular formula is C10H12ClFN2. The van der Waals surface area contributed by atoms with Gasteiger partial charge in [0, 0.05) is 18.1 Å². The maximum Gasteiger partial charge on any atom is 0.165 e. The summed E-state index contributed by atoms with van der Waals surface area (Å²) in [6.45, 7) is 2.72. The summed E-state index contributed by atoms with van der Waals surface area (Å²) < 4.78 is 15.4. The highest BCUT2D eigenvalue weighted by Gasteiger charge is 2.08. The van der Waals surface area contributed by atoms with E-state index in [1.165, 1.54) is 0 Å². The lowest BCUT2D eigenvalue weighted by atomic mass is 10.2. The number of nitrogens with zero attached hydrogens (tertiary/aromatic N) is 1. The van der Waals surface area contributed by atoms with E-state index in [1.807, 2.05) is 29.8 Å². The zero-order valence-electron chi connectivity index (χ0n) is 7.93. The molecule has 1 aromatic carbocycles. The molecular weight excluding hydrogens is 203 g/mol. The maximum atomic E-state index is 13.5. The third-order valence-electron chi connectivity index (χ3n) is 2.16. The van der Waals surface area contributed by atoms with Crippen molar-refractivity contribution < 1.29 is 4.39 Å². The molecule has 0 fully saturated rings. The standard InChI is InChI=1S/C10H9ClFN.H3N/c1-2-13-6-5-7-3-4-8(11)9(12)10(7)13;/h3-6H,2H2,1H3;1H3. The van der Waals surface area contributed by atoms with Crippen molar-refractivity contribution in [2.75, 3.05) is 0 Å². The Morgan fingerprint density at radius 1 is 1.36 bits per heavy atom. The van der Waals surface area contributed by atoms with Crippen LogP contribution in [0.3, 0.4) is 0 Å². The van der Waals surface area contributed by atoms with Crippen LogP contribution in [0.2, 0.25) is 5.02 Å². The summed E-state index contributed by atoms with van der Waals surface area (Å²) in [5.41, 5.74) is 0.593. The minimum atomic E-state index is -0.328. The van der Waals surface area contributed by atoms with Gasteiger partial charge in [0.15, 0.2) is 5.82 Å². The van der Waals surface area contributed by atoms with Crippen LogP contribution in [0.1, 0.15) is 6.92 Å². The molecule has 0 atom stereocenters. The Morgan fingerprint density at radius 2 is 2.07 bits per heavy atom. The summed E-state index contributed by atoms with van der Waals surface area (Å²) in [4.78, 5) is 0. The fourth-order valence-electron chi connectivity index (χ4n) is 1.49. The van der Waals surface area contributed by atoms with Crippen molar-refractivity contribution in [1.82, 2.24) is 10.7 Å². The molecule has 76 valence electrons. The second-order valence-electron chi connectivity index (χ2n) is 2.90. The second-order valence-corrected chi connectivity index (χ2v) is 3.31. The summed E-state index contributed by atoms with van der Waals surface area (Å²) in [5.74, 6) is -0.328. The first-order chi connectivity index (χ1) is 6.24. The van der Waals surface area contributed by atoms with E-state index in [1.54, 1.807) is 6.07 Å². The predicted octanol–water partition coefficient (Wildman–Crippen LogP) is 3.62. The summed E-state index contributed by atoms with van der Waals surface area (Å²) >= 11 is 5.69. The molecule has 0 aliphatic heterocycles. The lowest BCUT2D eigenvalue weighted by Crippen LogP contribution is -1.93. The van der Waals surface area contributed by atoms with Crippen molar-refractivity contribution in [3.05, 3.63) is 35.2 Å². The van der Waals surface area contributed by atoms with E-state index in [9.17, 15) is 4.39 Å². The fraction of sp³-hybridized carbons (Fsp3) is 0.200. The number of rotatable bonds is 1. The normalized spacial score (nSPS) is 10.2. The molecule has 4 heteroatoms. The monoisotopic (exact) mass is 214 g/mol. The minimum Gasteiger partial charge on any atom is -0.345 e. The molecule has 0 saturated heterocycles. The van der Waals surface area contributed by atoms with Crippen molar-refractivity contribution in [2.24, 2.45) is 0 Å². The van der Waals surface area contributed by atoms with Gasteiger partial charge in [0.2, 0.25) is 0 Å². The van der Waals surface area contributed by atoms with Crippen LogP contribution < -0.4 is 6.15 Å². The van der Waals surface area contributed by atoms with E-state index in [-0.39, 0.29) is 17.0 Å². The zero-order chi connectivity index (χ0) is 9.42. The molecule has 0 radical (unpaired) electrons. The van der Waals surface area contributed by atoms with Gasteiger partial charge in [-0.1, -0.05) is 17.7 Å². The molecule has 0 saturated carbocycles. The van der Waals surface area contributed by atoms with Gasteiger partial charge in [-0.25, -0.2) is 4.39 Å². The molecule has 1 heterocycles. The van der Waals surface area contributed by atoms with Gasteiger partial charge in [0.05, 0.1) is 10.5 Å². The first-order valence-electron chi connectivity index (χ1n) is 4.17. The number of aryl methyl sites for hydroxylation is 1. The van der Waals surface area contributed by atoms with Crippen molar-refractivity contribution in [2.45, 2.75) is 13.5 Å². The van der Waals surface area contributed by atoms with Gasteiger partial charge < -0.3 is 10.7 Å². The molecule has 2 aromatic rings. The number of benzene rings is 1. The van der Waals surface area contributed by atoms with Crippen LogP contribution in [0.4, 0.5) is 4.39 Å². The van der Waals surface area contributed by atoms with Crippen LogP contribution in [-0.4, -0.2) is 4.57 Å². The Bertz CT molecular complexity index is 451. The van der Waals surface area contributed by atoms with Crippen molar-refractivity contribution in [1.29, 1.82) is 0 Å². The van der Waals surface area contributed by atoms with Crippen LogP contribution in [-0.2, 0) is 6.54 Å². The number of fused-ring (bicyclic) bond motifs is 1. The molecule has 2 nitrogen and oxygen atoms in total. The first kappa shape index (κ1) is 11.0. The van der Waals surface area contributed by atoms with Crippen LogP contribution in [0.15, 0.2) is 24.4 Å². The fourth-order valence-corrected chi connectivity index (χ4v) is 1.64. The smallest absolute Gasteiger partial charge is 0.165 e. The number of hydrogen-bond donors (Lipinski definition) is 1. The van der Waals surface area contributed by atoms with Gasteiger partial charge in [-0.2, -0.15) is 0 Å². The van der Waals surface area contributed by atoms with Crippen LogP contribution >= 0.6 is 11.6 Å². The molecule has 0 aliphatic carbocycles. The third-order valence-corrected chi connectivity index (χ3v) is 2.45. The quantitative estimate of drug-likeness (QED) is 0.774. The lowest BCUT2D eigenvalue weighted by molar-refractivity contribution is 0.627. The van der Waals surface area contributed by atoms with E-state index >= 15 is 0 Å². The van der Waals surface area contributed by atoms with Gasteiger partial charge in [0.1, 0.15) is 0 Å². The first-order valence-corrected chi connectivity index (χ1v) is 4.54. The molecule has 2 rings (SSSR count). The molecule has 0 bridgehead atoms. The number of aromatic nitrogens is 1. The second kappa shape index (κ2) is 3.98. The molecule has 0 amide bonds. The Hall–Kier alpha value is -1.06. The summed E-state index contributed by atoms with van der Waals surface area (Å²) in [6, 6.07) is 5.30. The van der Waals surface area contributed by atoms with Crippen LogP contribution in [0.25, 0.3) is 10.9 Å². The van der Waals surface area contributed by atoms with E-state index in [0.717, 1.165) is 11.9 Å². The molecule has 3 N–H and O–H groups in total. The highest BCUT2D eigenvalue weighted by molar-refractivity contribution is 6.31. The Labute approximate surface area is 86.9 Å². The number of hydrogen-bond acceptors (Lipinski definition) is 1. The molecule has 0 aliphatic rings. The van der Waals surface area contributed by atoms with E-state index in [0.29, 0.717) is 5.52 Å². The van der Waals surface area contributed by atoms with Crippen LogP contribution in [0.5, 0.6) is 0 Å². The SMILES string of the molecule is CCn1ccc2ccc(Cl)c(F)c21.N. The van der Waals surface area contributed by atoms with Gasteiger partial charge in [-0.3, -0.25) is 0 Å². The number of halogens is 2.